The van der Waals surface area contributed by atoms with Crippen LogP contribution in [0.1, 0.15) is 25.7 Å². The Balaban J connectivity index is 1.87. The number of aliphatic hydroxyl groups is 1. The third kappa shape index (κ3) is 2.20. The van der Waals surface area contributed by atoms with E-state index in [0.29, 0.717) is 18.1 Å². The molecule has 76 valence electrons. The Morgan fingerprint density at radius 1 is 1.31 bits per heavy atom. The first-order valence-electron chi connectivity index (χ1n) is 5.27. The van der Waals surface area contributed by atoms with Crippen LogP contribution in [0.3, 0.4) is 0 Å². The van der Waals surface area contributed by atoms with E-state index in [9.17, 15) is 0 Å². The topological polar surface area (TPSA) is 32.3 Å². The summed E-state index contributed by atoms with van der Waals surface area (Å²) in [6.45, 7) is 1.45. The number of nitrogens with one attached hydrogen (secondary N) is 1. The number of piperidine rings is 1. The fourth-order valence-electron chi connectivity index (χ4n) is 2.42. The average molecular weight is 201 g/mol. The number of thioether (sulfide) groups is 1. The van der Waals surface area contributed by atoms with Crippen molar-refractivity contribution in [2.45, 2.75) is 31.7 Å². The Bertz CT molecular complexity index is 158. The van der Waals surface area contributed by atoms with E-state index in [4.69, 9.17) is 5.11 Å². The fraction of sp³-hybridized carbons (Fsp3) is 1.00. The van der Waals surface area contributed by atoms with Gasteiger partial charge in [-0.3, -0.25) is 0 Å². The molecule has 1 spiro atoms. The van der Waals surface area contributed by atoms with E-state index in [1.54, 1.807) is 0 Å². The molecule has 0 aromatic carbocycles. The van der Waals surface area contributed by atoms with Gasteiger partial charge >= 0.3 is 0 Å². The van der Waals surface area contributed by atoms with Crippen LogP contribution in [0.2, 0.25) is 0 Å². The summed E-state index contributed by atoms with van der Waals surface area (Å²) in [6, 6.07) is 0.375. The van der Waals surface area contributed by atoms with E-state index in [2.05, 4.69) is 17.1 Å². The van der Waals surface area contributed by atoms with Gasteiger partial charge < -0.3 is 10.4 Å². The van der Waals surface area contributed by atoms with Crippen molar-refractivity contribution in [1.29, 1.82) is 0 Å². The highest BCUT2D eigenvalue weighted by Crippen LogP contribution is 2.40. The Morgan fingerprint density at radius 2 is 2.08 bits per heavy atom. The molecule has 0 bridgehead atoms. The molecule has 0 saturated carbocycles. The van der Waals surface area contributed by atoms with Gasteiger partial charge in [0.15, 0.2) is 0 Å². The molecular weight excluding hydrogens is 182 g/mol. The number of rotatable bonds is 1. The van der Waals surface area contributed by atoms with Crippen molar-refractivity contribution in [3.8, 4) is 0 Å². The first-order chi connectivity index (χ1) is 6.35. The van der Waals surface area contributed by atoms with E-state index < -0.39 is 0 Å². The largest absolute Gasteiger partial charge is 0.395 e. The van der Waals surface area contributed by atoms with Crippen LogP contribution in [-0.2, 0) is 0 Å². The van der Waals surface area contributed by atoms with E-state index in [1.165, 1.54) is 37.2 Å². The third-order valence-corrected chi connectivity index (χ3v) is 4.55. The standard InChI is InChI=1S/C10H19NOS/c12-7-9-1-2-10(8-11-9)3-5-13-6-4-10/h9,11-12H,1-8H2. The summed E-state index contributed by atoms with van der Waals surface area (Å²) in [4.78, 5) is 0. The lowest BCUT2D eigenvalue weighted by Gasteiger charge is -2.43. The summed E-state index contributed by atoms with van der Waals surface area (Å²) < 4.78 is 0. The molecule has 2 fully saturated rings. The second kappa shape index (κ2) is 4.20. The monoisotopic (exact) mass is 201 g/mol. The first-order valence-corrected chi connectivity index (χ1v) is 6.42. The molecule has 1 atom stereocenters. The van der Waals surface area contributed by atoms with Crippen molar-refractivity contribution in [1.82, 2.24) is 5.32 Å². The molecule has 0 aromatic rings. The highest BCUT2D eigenvalue weighted by Gasteiger charge is 2.35. The van der Waals surface area contributed by atoms with Crippen LogP contribution in [0.4, 0.5) is 0 Å². The molecule has 2 N–H and O–H groups in total. The van der Waals surface area contributed by atoms with Gasteiger partial charge in [0.25, 0.3) is 0 Å². The third-order valence-electron chi connectivity index (χ3n) is 3.56. The fourth-order valence-corrected chi connectivity index (χ4v) is 3.78. The van der Waals surface area contributed by atoms with E-state index in [1.807, 2.05) is 0 Å². The van der Waals surface area contributed by atoms with Gasteiger partial charge in [-0.25, -0.2) is 0 Å². The molecule has 2 heterocycles. The van der Waals surface area contributed by atoms with Gasteiger partial charge in [-0.1, -0.05) is 0 Å². The Kier molecular flexibility index (Phi) is 3.17. The number of hydrogen-bond acceptors (Lipinski definition) is 3. The van der Waals surface area contributed by atoms with Gasteiger partial charge in [0.05, 0.1) is 6.61 Å². The van der Waals surface area contributed by atoms with Gasteiger partial charge in [-0.2, -0.15) is 11.8 Å². The molecule has 2 saturated heterocycles. The number of hydrogen-bond donors (Lipinski definition) is 2. The number of aliphatic hydroxyl groups excluding tert-OH is 1. The molecule has 0 amide bonds. The van der Waals surface area contributed by atoms with Gasteiger partial charge in [0.2, 0.25) is 0 Å². The second-order valence-corrected chi connectivity index (χ2v) is 5.64. The molecule has 2 nitrogen and oxygen atoms in total. The lowest BCUT2D eigenvalue weighted by atomic mass is 9.74. The molecule has 2 rings (SSSR count). The van der Waals surface area contributed by atoms with Crippen molar-refractivity contribution in [3.05, 3.63) is 0 Å². The Morgan fingerprint density at radius 3 is 2.62 bits per heavy atom. The lowest BCUT2D eigenvalue weighted by Crippen LogP contribution is -2.48. The van der Waals surface area contributed by atoms with E-state index >= 15 is 0 Å². The molecule has 0 aliphatic carbocycles. The van der Waals surface area contributed by atoms with Crippen molar-refractivity contribution in [2.24, 2.45) is 5.41 Å². The molecule has 0 radical (unpaired) electrons. The molecular formula is C10H19NOS. The maximum absolute atomic E-state index is 9.01. The zero-order chi connectivity index (χ0) is 9.15. The summed E-state index contributed by atoms with van der Waals surface area (Å²) >= 11 is 2.09. The predicted octanol–water partition coefficient (Wildman–Crippen LogP) is 1.24. The van der Waals surface area contributed by atoms with Crippen molar-refractivity contribution < 1.29 is 5.11 Å². The summed E-state index contributed by atoms with van der Waals surface area (Å²) in [6.07, 6.45) is 5.25. The molecule has 1 unspecified atom stereocenters. The predicted molar refractivity (Wildman–Crippen MR) is 57.1 cm³/mol. The zero-order valence-electron chi connectivity index (χ0n) is 8.09. The molecule has 13 heavy (non-hydrogen) atoms. The second-order valence-electron chi connectivity index (χ2n) is 4.41. The van der Waals surface area contributed by atoms with Crippen LogP contribution in [0.15, 0.2) is 0 Å². The maximum Gasteiger partial charge on any atom is 0.0584 e. The van der Waals surface area contributed by atoms with Crippen molar-refractivity contribution >= 4 is 11.8 Å². The highest BCUT2D eigenvalue weighted by atomic mass is 32.2. The van der Waals surface area contributed by atoms with Gasteiger partial charge in [0.1, 0.15) is 0 Å². The van der Waals surface area contributed by atoms with E-state index in [-0.39, 0.29) is 0 Å². The minimum atomic E-state index is 0.310. The normalized spacial score (nSPS) is 33.5. The Labute approximate surface area is 84.5 Å². The van der Waals surface area contributed by atoms with Crippen LogP contribution in [0, 0.1) is 5.41 Å². The SMILES string of the molecule is OCC1CCC2(CCSCC2)CN1. The van der Waals surface area contributed by atoms with Gasteiger partial charge in [0, 0.05) is 12.6 Å². The maximum atomic E-state index is 9.01. The highest BCUT2D eigenvalue weighted by molar-refractivity contribution is 7.99. The minimum absolute atomic E-state index is 0.310. The molecule has 0 aromatic heterocycles. The van der Waals surface area contributed by atoms with Gasteiger partial charge in [-0.15, -0.1) is 0 Å². The van der Waals surface area contributed by atoms with Crippen LogP contribution in [0.5, 0.6) is 0 Å². The molecule has 2 aliphatic heterocycles. The van der Waals surface area contributed by atoms with E-state index in [0.717, 1.165) is 6.54 Å². The molecule has 2 aliphatic rings. The summed E-state index contributed by atoms with van der Waals surface area (Å²) in [7, 11) is 0. The first kappa shape index (κ1) is 9.81. The molecule has 3 heteroatoms. The summed E-state index contributed by atoms with van der Waals surface area (Å²) in [5.74, 6) is 2.68. The quantitative estimate of drug-likeness (QED) is 0.669. The van der Waals surface area contributed by atoms with Crippen molar-refractivity contribution in [2.75, 3.05) is 24.7 Å². The smallest absolute Gasteiger partial charge is 0.0584 e. The van der Waals surface area contributed by atoms with Crippen LogP contribution in [-0.4, -0.2) is 35.8 Å². The van der Waals surface area contributed by atoms with Crippen LogP contribution >= 0.6 is 11.8 Å². The van der Waals surface area contributed by atoms with Crippen molar-refractivity contribution in [3.63, 3.8) is 0 Å². The Hall–Kier alpha value is 0.270. The van der Waals surface area contributed by atoms with Crippen LogP contribution in [0.25, 0.3) is 0 Å². The van der Waals surface area contributed by atoms with Crippen LogP contribution < -0.4 is 5.32 Å². The minimum Gasteiger partial charge on any atom is -0.395 e. The zero-order valence-corrected chi connectivity index (χ0v) is 8.91. The summed E-state index contributed by atoms with van der Waals surface area (Å²) in [5.41, 5.74) is 0.594. The van der Waals surface area contributed by atoms with Gasteiger partial charge in [-0.05, 0) is 42.6 Å². The average Bonchev–Trinajstić information content (AvgIpc) is 2.20. The lowest BCUT2D eigenvalue weighted by molar-refractivity contribution is 0.128. The summed E-state index contributed by atoms with van der Waals surface area (Å²) in [5, 5.41) is 12.5.